The van der Waals surface area contributed by atoms with E-state index in [4.69, 9.17) is 5.73 Å². The van der Waals surface area contributed by atoms with Gasteiger partial charge in [0.25, 0.3) is 0 Å². The summed E-state index contributed by atoms with van der Waals surface area (Å²) in [6, 6.07) is 0.426. The van der Waals surface area contributed by atoms with Crippen molar-refractivity contribution in [2.24, 2.45) is 23.0 Å². The van der Waals surface area contributed by atoms with Crippen molar-refractivity contribution in [3.63, 3.8) is 0 Å². The Kier molecular flexibility index (Phi) is 4.64. The first kappa shape index (κ1) is 13.0. The van der Waals surface area contributed by atoms with E-state index in [-0.39, 0.29) is 0 Å². The second kappa shape index (κ2) is 5.34. The largest absolute Gasteiger partial charge is 0.327 e. The molecule has 0 bridgehead atoms. The lowest BCUT2D eigenvalue weighted by Crippen LogP contribution is -2.45. The van der Waals surface area contributed by atoms with Gasteiger partial charge in [0, 0.05) is 6.04 Å². The van der Waals surface area contributed by atoms with E-state index < -0.39 is 0 Å². The molecule has 2 N–H and O–H groups in total. The Hall–Kier alpha value is -0.0400. The lowest BCUT2D eigenvalue weighted by atomic mass is 9.63. The van der Waals surface area contributed by atoms with E-state index in [2.05, 4.69) is 27.7 Å². The Morgan fingerprint density at radius 3 is 2.27 bits per heavy atom. The first-order valence-electron chi connectivity index (χ1n) is 6.78. The number of nitrogens with two attached hydrogens (primary N) is 1. The first-order chi connectivity index (χ1) is 7.03. The van der Waals surface area contributed by atoms with Crippen LogP contribution in [0.4, 0.5) is 0 Å². The molecule has 1 heteroatoms. The van der Waals surface area contributed by atoms with Crippen LogP contribution in [0.2, 0.25) is 0 Å². The molecule has 2 atom stereocenters. The van der Waals surface area contributed by atoms with Gasteiger partial charge < -0.3 is 5.73 Å². The van der Waals surface area contributed by atoms with Gasteiger partial charge in [-0.05, 0) is 30.1 Å². The third kappa shape index (κ3) is 2.96. The summed E-state index contributed by atoms with van der Waals surface area (Å²) in [6.45, 7) is 9.39. The van der Waals surface area contributed by atoms with Gasteiger partial charge in [-0.2, -0.15) is 0 Å². The SMILES string of the molecule is CCC(CC)C(N)C1CCCCC1(C)C. The van der Waals surface area contributed by atoms with Crippen LogP contribution in [0, 0.1) is 17.3 Å². The molecule has 0 heterocycles. The van der Waals surface area contributed by atoms with Crippen LogP contribution in [0.1, 0.15) is 66.2 Å². The minimum absolute atomic E-state index is 0.426. The molecule has 1 aliphatic rings. The quantitative estimate of drug-likeness (QED) is 0.748. The van der Waals surface area contributed by atoms with Gasteiger partial charge in [0.1, 0.15) is 0 Å². The van der Waals surface area contributed by atoms with Gasteiger partial charge in [-0.15, -0.1) is 0 Å². The van der Waals surface area contributed by atoms with E-state index in [0.29, 0.717) is 11.5 Å². The average Bonchev–Trinajstić information content (AvgIpc) is 2.18. The van der Waals surface area contributed by atoms with E-state index in [0.717, 1.165) is 11.8 Å². The van der Waals surface area contributed by atoms with E-state index in [1.54, 1.807) is 0 Å². The molecule has 1 nitrogen and oxygen atoms in total. The van der Waals surface area contributed by atoms with Crippen LogP contribution in [-0.2, 0) is 0 Å². The lowest BCUT2D eigenvalue weighted by Gasteiger charge is -2.44. The molecule has 15 heavy (non-hydrogen) atoms. The van der Waals surface area contributed by atoms with E-state index in [1.165, 1.54) is 38.5 Å². The van der Waals surface area contributed by atoms with Crippen molar-refractivity contribution in [3.8, 4) is 0 Å². The van der Waals surface area contributed by atoms with Crippen LogP contribution in [0.3, 0.4) is 0 Å². The fourth-order valence-corrected chi connectivity index (χ4v) is 3.40. The molecule has 0 spiro atoms. The average molecular weight is 211 g/mol. The fourth-order valence-electron chi connectivity index (χ4n) is 3.40. The van der Waals surface area contributed by atoms with Gasteiger partial charge in [0.2, 0.25) is 0 Å². The van der Waals surface area contributed by atoms with Gasteiger partial charge >= 0.3 is 0 Å². The van der Waals surface area contributed by atoms with E-state index in [9.17, 15) is 0 Å². The summed E-state index contributed by atoms with van der Waals surface area (Å²) < 4.78 is 0. The molecule has 0 amide bonds. The monoisotopic (exact) mass is 211 g/mol. The maximum atomic E-state index is 6.49. The summed E-state index contributed by atoms with van der Waals surface area (Å²) in [5, 5.41) is 0. The Morgan fingerprint density at radius 2 is 1.80 bits per heavy atom. The van der Waals surface area contributed by atoms with Crippen molar-refractivity contribution in [1.29, 1.82) is 0 Å². The van der Waals surface area contributed by atoms with Crippen LogP contribution in [-0.4, -0.2) is 6.04 Å². The van der Waals surface area contributed by atoms with Crippen molar-refractivity contribution in [2.75, 3.05) is 0 Å². The minimum Gasteiger partial charge on any atom is -0.327 e. The zero-order chi connectivity index (χ0) is 11.5. The molecule has 0 radical (unpaired) electrons. The molecule has 90 valence electrons. The third-order valence-electron chi connectivity index (χ3n) is 4.65. The highest BCUT2D eigenvalue weighted by molar-refractivity contribution is 4.91. The Labute approximate surface area is 95.8 Å². The Morgan fingerprint density at radius 1 is 1.20 bits per heavy atom. The van der Waals surface area contributed by atoms with Gasteiger partial charge in [-0.3, -0.25) is 0 Å². The van der Waals surface area contributed by atoms with Crippen LogP contribution in [0.25, 0.3) is 0 Å². The predicted octanol–water partition coefficient (Wildman–Crippen LogP) is 3.97. The zero-order valence-electron chi connectivity index (χ0n) is 11.1. The highest BCUT2D eigenvalue weighted by Crippen LogP contribution is 2.43. The molecule has 0 aliphatic heterocycles. The van der Waals surface area contributed by atoms with Crippen LogP contribution >= 0.6 is 0 Å². The second-order valence-corrected chi connectivity index (χ2v) is 5.99. The predicted molar refractivity (Wildman–Crippen MR) is 67.8 cm³/mol. The number of rotatable bonds is 4. The summed E-state index contributed by atoms with van der Waals surface area (Å²) in [7, 11) is 0. The molecule has 2 unspecified atom stereocenters. The maximum Gasteiger partial charge on any atom is 0.0100 e. The van der Waals surface area contributed by atoms with Crippen LogP contribution in [0.15, 0.2) is 0 Å². The number of hydrogen-bond acceptors (Lipinski definition) is 1. The molecule has 1 fully saturated rings. The maximum absolute atomic E-state index is 6.49. The van der Waals surface area contributed by atoms with Crippen LogP contribution in [0.5, 0.6) is 0 Å². The molecule has 0 aromatic rings. The van der Waals surface area contributed by atoms with Crippen molar-refractivity contribution < 1.29 is 0 Å². The summed E-state index contributed by atoms with van der Waals surface area (Å²) in [4.78, 5) is 0. The second-order valence-electron chi connectivity index (χ2n) is 5.99. The zero-order valence-corrected chi connectivity index (χ0v) is 11.1. The molecule has 1 saturated carbocycles. The molecular formula is C14H29N. The lowest BCUT2D eigenvalue weighted by molar-refractivity contribution is 0.0877. The molecule has 0 aromatic carbocycles. The minimum atomic E-state index is 0.426. The van der Waals surface area contributed by atoms with E-state index >= 15 is 0 Å². The third-order valence-corrected chi connectivity index (χ3v) is 4.65. The van der Waals surface area contributed by atoms with Gasteiger partial charge in [-0.1, -0.05) is 53.4 Å². The Balaban J connectivity index is 2.67. The summed E-state index contributed by atoms with van der Waals surface area (Å²) in [5.41, 5.74) is 6.96. The fraction of sp³-hybridized carbons (Fsp3) is 1.00. The van der Waals surface area contributed by atoms with Crippen LogP contribution < -0.4 is 5.73 Å². The topological polar surface area (TPSA) is 26.0 Å². The smallest absolute Gasteiger partial charge is 0.0100 e. The molecule has 0 saturated heterocycles. The summed E-state index contributed by atoms with van der Waals surface area (Å²) >= 11 is 0. The van der Waals surface area contributed by atoms with Crippen molar-refractivity contribution in [1.82, 2.24) is 0 Å². The first-order valence-corrected chi connectivity index (χ1v) is 6.78. The van der Waals surface area contributed by atoms with Gasteiger partial charge in [-0.25, -0.2) is 0 Å². The van der Waals surface area contributed by atoms with E-state index in [1.807, 2.05) is 0 Å². The highest BCUT2D eigenvalue weighted by Gasteiger charge is 2.37. The normalized spacial score (nSPS) is 28.0. The molecule has 1 rings (SSSR count). The van der Waals surface area contributed by atoms with Crippen molar-refractivity contribution in [3.05, 3.63) is 0 Å². The van der Waals surface area contributed by atoms with Gasteiger partial charge in [0.15, 0.2) is 0 Å². The summed E-state index contributed by atoms with van der Waals surface area (Å²) in [5.74, 6) is 1.48. The molecule has 0 aromatic heterocycles. The van der Waals surface area contributed by atoms with Gasteiger partial charge in [0.05, 0.1) is 0 Å². The molecule has 1 aliphatic carbocycles. The summed E-state index contributed by atoms with van der Waals surface area (Å²) in [6.07, 6.45) is 7.99. The Bertz CT molecular complexity index is 182. The van der Waals surface area contributed by atoms with Crippen molar-refractivity contribution in [2.45, 2.75) is 72.3 Å². The van der Waals surface area contributed by atoms with Crippen molar-refractivity contribution >= 4 is 0 Å². The highest BCUT2D eigenvalue weighted by atomic mass is 14.7. The number of hydrogen-bond donors (Lipinski definition) is 1. The standard InChI is InChI=1S/C14H29N/c1-5-11(6-2)13(15)12-9-7-8-10-14(12,3)4/h11-13H,5-10,15H2,1-4H3. The molecular weight excluding hydrogens is 182 g/mol.